The molecule has 51 heavy (non-hydrogen) atoms. The minimum Gasteiger partial charge on any atom is -0.497 e. The van der Waals surface area contributed by atoms with E-state index in [2.05, 4.69) is 20.7 Å². The zero-order chi connectivity index (χ0) is 36.2. The third-order valence-corrected chi connectivity index (χ3v) is 8.30. The van der Waals surface area contributed by atoms with Crippen molar-refractivity contribution in [3.8, 4) is 11.5 Å². The number of hydrogen-bond donors (Lipinski definition) is 4. The zero-order valence-corrected chi connectivity index (χ0v) is 28.6. The van der Waals surface area contributed by atoms with Crippen LogP contribution in [0.3, 0.4) is 0 Å². The van der Waals surface area contributed by atoms with E-state index in [0.29, 0.717) is 70.6 Å². The number of fused-ring (bicyclic) bond motifs is 2. The van der Waals surface area contributed by atoms with Gasteiger partial charge in [-0.15, -0.1) is 0 Å². The number of benzene rings is 3. The molecule has 15 heteroatoms. The Hall–Kier alpha value is -6.64. The smallest absolute Gasteiger partial charge is 0.276 e. The van der Waals surface area contributed by atoms with E-state index in [1.165, 1.54) is 0 Å². The van der Waals surface area contributed by atoms with Gasteiger partial charge in [-0.05, 0) is 67.9 Å². The molecule has 0 saturated heterocycles. The molecule has 0 aliphatic heterocycles. The Morgan fingerprint density at radius 2 is 1.55 bits per heavy atom. The van der Waals surface area contributed by atoms with Gasteiger partial charge < -0.3 is 35.4 Å². The van der Waals surface area contributed by atoms with Crippen LogP contribution in [-0.2, 0) is 26.2 Å². The van der Waals surface area contributed by atoms with Crippen molar-refractivity contribution in [2.45, 2.75) is 40.1 Å². The van der Waals surface area contributed by atoms with Crippen LogP contribution in [0.2, 0.25) is 0 Å². The first-order valence-electron chi connectivity index (χ1n) is 16.2. The predicted molar refractivity (Wildman–Crippen MR) is 193 cm³/mol. The van der Waals surface area contributed by atoms with Crippen LogP contribution < -0.4 is 31.6 Å². The number of primary amides is 2. The molecule has 3 aromatic carbocycles. The summed E-state index contributed by atoms with van der Waals surface area (Å²) in [6.07, 6.45) is 3.88. The first kappa shape index (κ1) is 34.2. The number of aryl methyl sites for hydroxylation is 2. The van der Waals surface area contributed by atoms with Crippen molar-refractivity contribution in [2.75, 3.05) is 24.8 Å². The Morgan fingerprint density at radius 3 is 2.22 bits per heavy atom. The van der Waals surface area contributed by atoms with Crippen LogP contribution in [0.4, 0.5) is 11.9 Å². The van der Waals surface area contributed by atoms with E-state index in [0.717, 1.165) is 17.0 Å². The average molecular weight is 691 g/mol. The number of anilines is 2. The first-order valence-corrected chi connectivity index (χ1v) is 16.2. The van der Waals surface area contributed by atoms with Gasteiger partial charge in [-0.3, -0.25) is 24.4 Å². The molecule has 3 aromatic heterocycles. The van der Waals surface area contributed by atoms with E-state index in [-0.39, 0.29) is 18.1 Å². The Kier molecular flexibility index (Phi) is 9.70. The molecule has 0 saturated carbocycles. The van der Waals surface area contributed by atoms with Crippen LogP contribution in [-0.4, -0.2) is 60.8 Å². The number of nitrogens with one attached hydrogen (secondary N) is 2. The summed E-state index contributed by atoms with van der Waals surface area (Å²) in [6.45, 7) is 5.18. The topological polar surface area (TPSA) is 199 Å². The first-order chi connectivity index (χ1) is 24.6. The van der Waals surface area contributed by atoms with Gasteiger partial charge in [0, 0.05) is 37.8 Å². The SMILES string of the molecule is CCn1nc(C)cc1C(=O)Nc1nc2cc(C(N)=O)ccc2n1C/C=C/Cn1c(NC)nc2cc(C(N)=O)cc(OCc3ccc(OC)cc3)c21. The van der Waals surface area contributed by atoms with Crippen LogP contribution in [0.15, 0.2) is 72.8 Å². The normalized spacial score (nSPS) is 11.4. The molecular weight excluding hydrogens is 652 g/mol. The van der Waals surface area contributed by atoms with E-state index < -0.39 is 11.8 Å². The van der Waals surface area contributed by atoms with Gasteiger partial charge in [0.25, 0.3) is 5.91 Å². The molecule has 3 heterocycles. The van der Waals surface area contributed by atoms with E-state index in [1.54, 1.807) is 55.2 Å². The summed E-state index contributed by atoms with van der Waals surface area (Å²) in [4.78, 5) is 46.8. The van der Waals surface area contributed by atoms with Crippen molar-refractivity contribution in [3.63, 3.8) is 0 Å². The number of nitrogens with zero attached hydrogens (tertiary/aromatic N) is 6. The third kappa shape index (κ3) is 7.08. The fourth-order valence-electron chi connectivity index (χ4n) is 5.79. The molecule has 0 spiro atoms. The molecule has 15 nitrogen and oxygen atoms in total. The fraction of sp³-hybridized carbons (Fsp3) is 0.222. The number of hydrogen-bond acceptors (Lipinski definition) is 9. The number of carbonyl (C=O) groups excluding carboxylic acids is 3. The largest absolute Gasteiger partial charge is 0.497 e. The summed E-state index contributed by atoms with van der Waals surface area (Å²) in [6, 6.07) is 17.4. The van der Waals surface area contributed by atoms with Gasteiger partial charge in [0.05, 0.1) is 29.4 Å². The molecule has 6 N–H and O–H groups in total. The standard InChI is InChI=1S/C36H38N10O5/c1-5-46-29(16-21(2)43-46)34(49)42-36-40-26-17-23(32(37)47)10-13-28(26)44(36)14-6-7-15-45-31-27(41-35(45)39-3)18-24(33(38)48)19-30(31)51-20-22-8-11-25(50-4)12-9-22/h6-13,16-19H,5,14-15,20H2,1-4H3,(H2,37,47)(H2,38,48)(H,39,41)(H,40,42,49)/b7-6+. The molecule has 6 aromatic rings. The molecule has 0 unspecified atom stereocenters. The lowest BCUT2D eigenvalue weighted by atomic mass is 10.1. The lowest BCUT2D eigenvalue weighted by molar-refractivity contribution is 0.0992. The Balaban J connectivity index is 1.31. The summed E-state index contributed by atoms with van der Waals surface area (Å²) in [7, 11) is 3.36. The second-order valence-corrected chi connectivity index (χ2v) is 11.7. The van der Waals surface area contributed by atoms with E-state index in [9.17, 15) is 14.4 Å². The Labute approximate surface area is 292 Å². The minimum atomic E-state index is -0.598. The number of allylic oxidation sites excluding steroid dienone is 2. The maximum Gasteiger partial charge on any atom is 0.276 e. The summed E-state index contributed by atoms with van der Waals surface area (Å²) in [5.41, 5.74) is 16.2. The minimum absolute atomic E-state index is 0.232. The summed E-state index contributed by atoms with van der Waals surface area (Å²) in [5, 5.41) is 10.4. The number of rotatable bonds is 14. The number of nitrogens with two attached hydrogens (primary N) is 2. The number of methoxy groups -OCH3 is 1. The number of carbonyl (C=O) groups is 3. The molecule has 3 amide bonds. The van der Waals surface area contributed by atoms with Gasteiger partial charge in [-0.1, -0.05) is 24.3 Å². The highest BCUT2D eigenvalue weighted by Crippen LogP contribution is 2.32. The number of aromatic nitrogens is 6. The van der Waals surface area contributed by atoms with Crippen LogP contribution in [0.1, 0.15) is 49.4 Å². The van der Waals surface area contributed by atoms with E-state index >= 15 is 0 Å². The van der Waals surface area contributed by atoms with Crippen molar-refractivity contribution in [1.82, 2.24) is 28.9 Å². The number of imidazole rings is 2. The van der Waals surface area contributed by atoms with Crippen LogP contribution in [0, 0.1) is 6.92 Å². The molecule has 0 radical (unpaired) electrons. The van der Waals surface area contributed by atoms with Crippen LogP contribution >= 0.6 is 0 Å². The maximum atomic E-state index is 13.4. The van der Waals surface area contributed by atoms with Crippen molar-refractivity contribution in [2.24, 2.45) is 11.5 Å². The average Bonchev–Trinajstić information content (AvgIpc) is 3.80. The van der Waals surface area contributed by atoms with Gasteiger partial charge in [0.15, 0.2) is 0 Å². The van der Waals surface area contributed by atoms with Crippen molar-refractivity contribution >= 4 is 51.7 Å². The monoisotopic (exact) mass is 690 g/mol. The summed E-state index contributed by atoms with van der Waals surface area (Å²) in [5.74, 6) is 0.467. The molecule has 0 bridgehead atoms. The quantitative estimate of drug-likeness (QED) is 0.121. The number of amides is 3. The summed E-state index contributed by atoms with van der Waals surface area (Å²) < 4.78 is 16.9. The van der Waals surface area contributed by atoms with Crippen LogP contribution in [0.25, 0.3) is 22.1 Å². The van der Waals surface area contributed by atoms with Crippen molar-refractivity contribution in [1.29, 1.82) is 0 Å². The molecule has 0 fully saturated rings. The zero-order valence-electron chi connectivity index (χ0n) is 28.6. The highest BCUT2D eigenvalue weighted by Gasteiger charge is 2.20. The molecule has 0 aliphatic rings. The lowest BCUT2D eigenvalue weighted by Gasteiger charge is -2.13. The van der Waals surface area contributed by atoms with Crippen LogP contribution in [0.5, 0.6) is 11.5 Å². The molecular formula is C36H38N10O5. The molecule has 0 aliphatic carbocycles. The van der Waals surface area contributed by atoms with Crippen molar-refractivity contribution < 1.29 is 23.9 Å². The molecule has 262 valence electrons. The Morgan fingerprint density at radius 1 is 0.863 bits per heavy atom. The fourth-order valence-corrected chi connectivity index (χ4v) is 5.79. The highest BCUT2D eigenvalue weighted by atomic mass is 16.5. The molecule has 0 atom stereocenters. The molecule has 6 rings (SSSR count). The van der Waals surface area contributed by atoms with Gasteiger partial charge >= 0.3 is 0 Å². The van der Waals surface area contributed by atoms with E-state index in [1.807, 2.05) is 59.4 Å². The van der Waals surface area contributed by atoms with Crippen molar-refractivity contribution in [3.05, 3.63) is 101 Å². The second kappa shape index (κ2) is 14.5. The number of ether oxygens (including phenoxy) is 2. The van der Waals surface area contributed by atoms with Gasteiger partial charge in [-0.2, -0.15) is 5.10 Å². The van der Waals surface area contributed by atoms with Gasteiger partial charge in [0.2, 0.25) is 23.7 Å². The maximum absolute atomic E-state index is 13.4. The second-order valence-electron chi connectivity index (χ2n) is 11.7. The van der Waals surface area contributed by atoms with Gasteiger partial charge in [-0.25, -0.2) is 9.97 Å². The lowest BCUT2D eigenvalue weighted by Crippen LogP contribution is -2.19. The van der Waals surface area contributed by atoms with E-state index in [4.69, 9.17) is 25.9 Å². The van der Waals surface area contributed by atoms with Gasteiger partial charge in [0.1, 0.15) is 29.3 Å². The Bertz CT molecular complexity index is 2300. The third-order valence-electron chi connectivity index (χ3n) is 8.30. The predicted octanol–water partition coefficient (Wildman–Crippen LogP) is 4.25. The highest BCUT2D eigenvalue weighted by molar-refractivity contribution is 6.03. The summed E-state index contributed by atoms with van der Waals surface area (Å²) >= 11 is 0.